The maximum atomic E-state index is 14.5. The summed E-state index contributed by atoms with van der Waals surface area (Å²) in [6, 6.07) is 2.25. The predicted molar refractivity (Wildman–Crippen MR) is 98.9 cm³/mol. The van der Waals surface area contributed by atoms with Crippen molar-refractivity contribution in [1.82, 2.24) is 29.9 Å². The third-order valence-electron chi connectivity index (χ3n) is 4.41. The maximum Gasteiger partial charge on any atom is 0.261 e. The second-order valence-corrected chi connectivity index (χ2v) is 6.61. The molecule has 1 fully saturated rings. The molecule has 3 aromatic heterocycles. The second-order valence-electron chi connectivity index (χ2n) is 6.61. The first kappa shape index (κ1) is 17.5. The highest BCUT2D eigenvalue weighted by molar-refractivity contribution is 5.59. The van der Waals surface area contributed by atoms with Crippen molar-refractivity contribution in [3.05, 3.63) is 48.8 Å². The first-order valence-corrected chi connectivity index (χ1v) is 9.02. The molecule has 0 aliphatic heterocycles. The molecule has 1 atom stereocenters. The minimum absolute atomic E-state index is 0.0251. The van der Waals surface area contributed by atoms with Crippen LogP contribution in [0.4, 0.5) is 4.39 Å². The minimum Gasteiger partial charge on any atom is -0.475 e. The van der Waals surface area contributed by atoms with Crippen LogP contribution in [0.5, 0.6) is 5.88 Å². The summed E-state index contributed by atoms with van der Waals surface area (Å²) < 4.78 is 21.8. The van der Waals surface area contributed by atoms with E-state index in [1.165, 1.54) is 23.6 Å². The Labute approximate surface area is 156 Å². The summed E-state index contributed by atoms with van der Waals surface area (Å²) in [5, 5.41) is 7.85. The number of halogens is 1. The van der Waals surface area contributed by atoms with Crippen LogP contribution in [0.2, 0.25) is 0 Å². The Hall–Kier alpha value is -2.87. The molecule has 0 saturated heterocycles. The van der Waals surface area contributed by atoms with Crippen molar-refractivity contribution in [3.8, 4) is 17.3 Å². The summed E-state index contributed by atoms with van der Waals surface area (Å²) in [7, 11) is 0. The van der Waals surface area contributed by atoms with Crippen molar-refractivity contribution in [2.24, 2.45) is 0 Å². The molecule has 1 aliphatic carbocycles. The molecule has 1 saturated carbocycles. The molecule has 3 heterocycles. The predicted octanol–water partition coefficient (Wildman–Crippen LogP) is 3.09. The minimum atomic E-state index is -0.478. The number of fused-ring (bicyclic) bond motifs is 1. The molecule has 1 unspecified atom stereocenters. The fourth-order valence-electron chi connectivity index (χ4n) is 2.80. The van der Waals surface area contributed by atoms with Crippen LogP contribution < -0.4 is 10.1 Å². The Morgan fingerprint density at radius 3 is 3.07 bits per heavy atom. The van der Waals surface area contributed by atoms with Gasteiger partial charge in [-0.3, -0.25) is 4.98 Å². The van der Waals surface area contributed by atoms with Gasteiger partial charge in [-0.15, -0.1) is 11.7 Å². The normalized spacial score (nSPS) is 15.0. The van der Waals surface area contributed by atoms with E-state index in [4.69, 9.17) is 4.74 Å². The standard InChI is InChI=1S/C19H21FN6O/c1-3-4-9-27-19-18-21-7-8-26(18)25-17(24-19)14-10-16(22-11-15(14)20)12(2)23-13-5-6-13/h3,7-8,10-13,23H,1,4-6,9H2,2H3. The van der Waals surface area contributed by atoms with E-state index >= 15 is 0 Å². The lowest BCUT2D eigenvalue weighted by atomic mass is 10.1. The van der Waals surface area contributed by atoms with E-state index < -0.39 is 5.82 Å². The maximum absolute atomic E-state index is 14.5. The van der Waals surface area contributed by atoms with E-state index in [9.17, 15) is 4.39 Å². The number of ether oxygens (including phenoxy) is 1. The third-order valence-corrected chi connectivity index (χ3v) is 4.41. The van der Waals surface area contributed by atoms with Gasteiger partial charge < -0.3 is 10.1 Å². The van der Waals surface area contributed by atoms with Crippen molar-refractivity contribution in [2.45, 2.75) is 38.3 Å². The highest BCUT2D eigenvalue weighted by Crippen LogP contribution is 2.27. The van der Waals surface area contributed by atoms with E-state index in [2.05, 4.69) is 31.9 Å². The molecule has 4 rings (SSSR count). The molecule has 8 heteroatoms. The van der Waals surface area contributed by atoms with Crippen molar-refractivity contribution < 1.29 is 9.13 Å². The van der Waals surface area contributed by atoms with Gasteiger partial charge in [0.15, 0.2) is 11.6 Å². The monoisotopic (exact) mass is 368 g/mol. The van der Waals surface area contributed by atoms with Gasteiger partial charge in [0.05, 0.1) is 24.1 Å². The smallest absolute Gasteiger partial charge is 0.261 e. The largest absolute Gasteiger partial charge is 0.475 e. The fraction of sp³-hybridized carbons (Fsp3) is 0.368. The van der Waals surface area contributed by atoms with Crippen LogP contribution >= 0.6 is 0 Å². The number of pyridine rings is 1. The zero-order chi connectivity index (χ0) is 18.8. The first-order chi connectivity index (χ1) is 13.2. The summed E-state index contributed by atoms with van der Waals surface area (Å²) in [5.41, 5.74) is 1.52. The van der Waals surface area contributed by atoms with Crippen molar-refractivity contribution in [2.75, 3.05) is 6.61 Å². The third kappa shape index (κ3) is 3.80. The van der Waals surface area contributed by atoms with Crippen LogP contribution in [0.1, 0.15) is 37.9 Å². The van der Waals surface area contributed by atoms with Crippen LogP contribution in [0, 0.1) is 5.82 Å². The average molecular weight is 368 g/mol. The van der Waals surface area contributed by atoms with Gasteiger partial charge in [0, 0.05) is 24.5 Å². The molecule has 140 valence electrons. The topological polar surface area (TPSA) is 77.2 Å². The van der Waals surface area contributed by atoms with E-state index in [1.807, 2.05) is 6.92 Å². The SMILES string of the molecule is C=CCCOc1nc(-c2cc(C(C)NC3CC3)ncc2F)nn2ccnc12. The highest BCUT2D eigenvalue weighted by Gasteiger charge is 2.24. The number of nitrogens with one attached hydrogen (secondary N) is 1. The molecule has 7 nitrogen and oxygen atoms in total. The molecule has 27 heavy (non-hydrogen) atoms. The molecular weight excluding hydrogens is 347 g/mol. The molecular formula is C19H21FN6O. The Morgan fingerprint density at radius 1 is 1.44 bits per heavy atom. The highest BCUT2D eigenvalue weighted by atomic mass is 19.1. The Balaban J connectivity index is 1.71. The van der Waals surface area contributed by atoms with Crippen molar-refractivity contribution >= 4 is 5.65 Å². The van der Waals surface area contributed by atoms with Crippen LogP contribution in [-0.4, -0.2) is 37.2 Å². The van der Waals surface area contributed by atoms with Crippen molar-refractivity contribution in [1.29, 1.82) is 0 Å². The van der Waals surface area contributed by atoms with Crippen LogP contribution in [0.3, 0.4) is 0 Å². The van der Waals surface area contributed by atoms with Crippen molar-refractivity contribution in [3.63, 3.8) is 0 Å². The second kappa shape index (κ2) is 7.40. The van der Waals surface area contributed by atoms with Crippen LogP contribution in [0.15, 0.2) is 37.3 Å². The number of nitrogens with zero attached hydrogens (tertiary/aromatic N) is 5. The first-order valence-electron chi connectivity index (χ1n) is 9.02. The number of hydrogen-bond donors (Lipinski definition) is 1. The van der Waals surface area contributed by atoms with Gasteiger partial charge in [-0.1, -0.05) is 6.08 Å². The van der Waals surface area contributed by atoms with E-state index in [1.54, 1.807) is 24.5 Å². The molecule has 1 N–H and O–H groups in total. The molecule has 0 bridgehead atoms. The quantitative estimate of drug-likeness (QED) is 0.486. The van der Waals surface area contributed by atoms with Gasteiger partial charge in [0.1, 0.15) is 0 Å². The number of imidazole rings is 1. The average Bonchev–Trinajstić information content (AvgIpc) is 3.35. The number of aromatic nitrogens is 5. The van der Waals surface area contributed by atoms with Gasteiger partial charge in [0.25, 0.3) is 5.88 Å². The molecule has 0 aromatic carbocycles. The molecule has 3 aromatic rings. The van der Waals surface area contributed by atoms with Gasteiger partial charge in [-0.05, 0) is 32.3 Å². The van der Waals surface area contributed by atoms with Gasteiger partial charge in [-0.2, -0.15) is 4.98 Å². The van der Waals surface area contributed by atoms with Gasteiger partial charge in [0.2, 0.25) is 5.65 Å². The summed E-state index contributed by atoms with van der Waals surface area (Å²) in [6.07, 6.45) is 9.27. The van der Waals surface area contributed by atoms with Gasteiger partial charge in [-0.25, -0.2) is 13.9 Å². The van der Waals surface area contributed by atoms with E-state index in [0.29, 0.717) is 30.6 Å². The Kier molecular flexibility index (Phi) is 4.81. The lowest BCUT2D eigenvalue weighted by molar-refractivity contribution is 0.313. The lowest BCUT2D eigenvalue weighted by Crippen LogP contribution is -2.21. The van der Waals surface area contributed by atoms with Crippen LogP contribution in [0.25, 0.3) is 17.0 Å². The van der Waals surface area contributed by atoms with E-state index in [-0.39, 0.29) is 17.4 Å². The zero-order valence-electron chi connectivity index (χ0n) is 15.1. The molecule has 0 spiro atoms. The summed E-state index contributed by atoms with van der Waals surface area (Å²) in [5.74, 6) is 0.0662. The summed E-state index contributed by atoms with van der Waals surface area (Å²) in [6.45, 7) is 6.11. The Bertz CT molecular complexity index is 968. The molecule has 0 amide bonds. The zero-order valence-corrected chi connectivity index (χ0v) is 15.1. The summed E-state index contributed by atoms with van der Waals surface area (Å²) in [4.78, 5) is 12.8. The number of hydrogen-bond acceptors (Lipinski definition) is 6. The lowest BCUT2D eigenvalue weighted by Gasteiger charge is -2.14. The molecule has 0 radical (unpaired) electrons. The van der Waals surface area contributed by atoms with Gasteiger partial charge >= 0.3 is 0 Å². The fourth-order valence-corrected chi connectivity index (χ4v) is 2.80. The van der Waals surface area contributed by atoms with Crippen LogP contribution in [-0.2, 0) is 0 Å². The molecule has 1 aliphatic rings. The Morgan fingerprint density at radius 2 is 2.30 bits per heavy atom. The summed E-state index contributed by atoms with van der Waals surface area (Å²) >= 11 is 0. The van der Waals surface area contributed by atoms with E-state index in [0.717, 1.165) is 5.69 Å². The number of rotatable bonds is 8.